The quantitative estimate of drug-likeness (QED) is 0.627. The van der Waals surface area contributed by atoms with Crippen LogP contribution in [0, 0.1) is 5.82 Å². The van der Waals surface area contributed by atoms with Crippen molar-refractivity contribution in [1.82, 2.24) is 25.0 Å². The van der Waals surface area contributed by atoms with Gasteiger partial charge in [0.2, 0.25) is 5.91 Å². The zero-order chi connectivity index (χ0) is 19.3. The summed E-state index contributed by atoms with van der Waals surface area (Å²) in [5.41, 5.74) is 1.20. The average molecular weight is 434 g/mol. The lowest BCUT2D eigenvalue weighted by Gasteiger charge is -2.27. The molecule has 0 atom stereocenters. The summed E-state index contributed by atoms with van der Waals surface area (Å²) in [7, 11) is 0. The van der Waals surface area contributed by atoms with Crippen molar-refractivity contribution in [2.45, 2.75) is 5.16 Å². The maximum Gasteiger partial charge on any atom is 0.233 e. The SMILES string of the molecule is Cl.O=C(CSc1nnc(-c2ccccc2F)n1-c1ccccc1)N1CCNCC1. The third-order valence-corrected chi connectivity index (χ3v) is 5.47. The molecule has 29 heavy (non-hydrogen) atoms. The molecule has 1 fully saturated rings. The number of carbonyl (C=O) groups excluding carboxylic acids is 1. The maximum atomic E-state index is 14.4. The number of halogens is 2. The maximum absolute atomic E-state index is 14.4. The molecule has 1 amide bonds. The molecule has 0 aliphatic carbocycles. The molecule has 4 rings (SSSR count). The van der Waals surface area contributed by atoms with Gasteiger partial charge in [-0.25, -0.2) is 4.39 Å². The molecule has 1 N–H and O–H groups in total. The van der Waals surface area contributed by atoms with Gasteiger partial charge in [0.1, 0.15) is 5.82 Å². The van der Waals surface area contributed by atoms with Gasteiger partial charge in [0, 0.05) is 31.9 Å². The molecule has 0 spiro atoms. The second kappa shape index (κ2) is 9.87. The highest BCUT2D eigenvalue weighted by molar-refractivity contribution is 7.99. The molecule has 0 unspecified atom stereocenters. The van der Waals surface area contributed by atoms with E-state index >= 15 is 0 Å². The Hall–Kier alpha value is -2.42. The van der Waals surface area contributed by atoms with E-state index in [9.17, 15) is 9.18 Å². The number of nitrogens with one attached hydrogen (secondary N) is 1. The number of para-hydroxylation sites is 1. The lowest BCUT2D eigenvalue weighted by Crippen LogP contribution is -2.47. The van der Waals surface area contributed by atoms with Gasteiger partial charge < -0.3 is 10.2 Å². The van der Waals surface area contributed by atoms with E-state index in [2.05, 4.69) is 15.5 Å². The van der Waals surface area contributed by atoms with Crippen LogP contribution in [0.4, 0.5) is 4.39 Å². The molecule has 3 aromatic rings. The van der Waals surface area contributed by atoms with Gasteiger partial charge in [-0.1, -0.05) is 42.1 Å². The van der Waals surface area contributed by atoms with Crippen LogP contribution in [0.3, 0.4) is 0 Å². The van der Waals surface area contributed by atoms with Crippen molar-refractivity contribution in [3.63, 3.8) is 0 Å². The Kier molecular flexibility index (Phi) is 7.24. The van der Waals surface area contributed by atoms with E-state index in [1.807, 2.05) is 35.2 Å². The molecule has 1 aromatic heterocycles. The number of aromatic nitrogens is 3. The molecule has 2 heterocycles. The average Bonchev–Trinajstić information content (AvgIpc) is 3.17. The summed E-state index contributed by atoms with van der Waals surface area (Å²) in [6.45, 7) is 3.05. The third-order valence-electron chi connectivity index (χ3n) is 4.56. The predicted molar refractivity (Wildman–Crippen MR) is 114 cm³/mol. The minimum atomic E-state index is -0.361. The van der Waals surface area contributed by atoms with Crippen molar-refractivity contribution in [3.8, 4) is 17.1 Å². The normalized spacial score (nSPS) is 13.8. The van der Waals surface area contributed by atoms with Gasteiger partial charge in [0.25, 0.3) is 0 Å². The van der Waals surface area contributed by atoms with Crippen molar-refractivity contribution in [2.75, 3.05) is 31.9 Å². The molecule has 1 aliphatic heterocycles. The number of rotatable bonds is 5. The predicted octanol–water partition coefficient (Wildman–Crippen LogP) is 3.02. The fraction of sp³-hybridized carbons (Fsp3) is 0.250. The number of amides is 1. The highest BCUT2D eigenvalue weighted by atomic mass is 35.5. The van der Waals surface area contributed by atoms with Crippen LogP contribution in [0.25, 0.3) is 17.1 Å². The van der Waals surface area contributed by atoms with Gasteiger partial charge in [-0.15, -0.1) is 22.6 Å². The summed E-state index contributed by atoms with van der Waals surface area (Å²) >= 11 is 1.32. The molecular weight excluding hydrogens is 413 g/mol. The van der Waals surface area contributed by atoms with Crippen LogP contribution in [0.2, 0.25) is 0 Å². The van der Waals surface area contributed by atoms with Crippen LogP contribution in [-0.2, 0) is 4.79 Å². The highest BCUT2D eigenvalue weighted by Gasteiger charge is 2.21. The molecule has 1 saturated heterocycles. The lowest BCUT2D eigenvalue weighted by atomic mass is 10.2. The van der Waals surface area contributed by atoms with E-state index in [-0.39, 0.29) is 29.9 Å². The Morgan fingerprint density at radius 2 is 1.72 bits per heavy atom. The van der Waals surface area contributed by atoms with Gasteiger partial charge in [-0.2, -0.15) is 0 Å². The van der Waals surface area contributed by atoms with Crippen LogP contribution in [0.5, 0.6) is 0 Å². The first-order chi connectivity index (χ1) is 13.7. The summed E-state index contributed by atoms with van der Waals surface area (Å²) in [4.78, 5) is 14.4. The minimum Gasteiger partial charge on any atom is -0.339 e. The Labute approximate surface area is 178 Å². The number of hydrogen-bond acceptors (Lipinski definition) is 5. The van der Waals surface area contributed by atoms with E-state index in [0.717, 1.165) is 18.8 Å². The Bertz CT molecular complexity index is 963. The summed E-state index contributed by atoms with van der Waals surface area (Å²) < 4.78 is 16.2. The van der Waals surface area contributed by atoms with Crippen LogP contribution in [0.15, 0.2) is 59.8 Å². The van der Waals surface area contributed by atoms with E-state index in [1.165, 1.54) is 17.8 Å². The highest BCUT2D eigenvalue weighted by Crippen LogP contribution is 2.29. The van der Waals surface area contributed by atoms with Crippen LogP contribution >= 0.6 is 24.2 Å². The zero-order valence-electron chi connectivity index (χ0n) is 15.6. The lowest BCUT2D eigenvalue weighted by molar-refractivity contribution is -0.128. The third kappa shape index (κ3) is 4.77. The Balaban J connectivity index is 0.00000240. The second-order valence-electron chi connectivity index (χ2n) is 6.38. The van der Waals surface area contributed by atoms with Crippen molar-refractivity contribution < 1.29 is 9.18 Å². The second-order valence-corrected chi connectivity index (χ2v) is 7.32. The summed E-state index contributed by atoms with van der Waals surface area (Å²) in [6, 6.07) is 16.0. The van der Waals surface area contributed by atoms with Crippen LogP contribution < -0.4 is 5.32 Å². The first kappa shape index (κ1) is 21.3. The summed E-state index contributed by atoms with van der Waals surface area (Å²) in [6.07, 6.45) is 0. The van der Waals surface area contributed by atoms with Gasteiger partial charge in [-0.05, 0) is 24.3 Å². The smallest absolute Gasteiger partial charge is 0.233 e. The Morgan fingerprint density at radius 3 is 2.45 bits per heavy atom. The molecule has 0 radical (unpaired) electrons. The van der Waals surface area contributed by atoms with E-state index in [4.69, 9.17) is 0 Å². The molecule has 6 nitrogen and oxygen atoms in total. The Morgan fingerprint density at radius 1 is 1.03 bits per heavy atom. The monoisotopic (exact) mass is 433 g/mol. The minimum absolute atomic E-state index is 0. The van der Waals surface area contributed by atoms with Crippen LogP contribution in [-0.4, -0.2) is 57.5 Å². The van der Waals surface area contributed by atoms with Crippen molar-refractivity contribution in [3.05, 3.63) is 60.4 Å². The summed E-state index contributed by atoms with van der Waals surface area (Å²) in [5.74, 6) is 0.394. The van der Waals surface area contributed by atoms with E-state index in [0.29, 0.717) is 29.6 Å². The number of carbonyl (C=O) groups is 1. The fourth-order valence-corrected chi connectivity index (χ4v) is 3.98. The van der Waals surface area contributed by atoms with Gasteiger partial charge in [0.15, 0.2) is 11.0 Å². The van der Waals surface area contributed by atoms with Crippen molar-refractivity contribution in [2.24, 2.45) is 0 Å². The first-order valence-electron chi connectivity index (χ1n) is 9.11. The molecule has 0 saturated carbocycles. The van der Waals surface area contributed by atoms with Gasteiger partial charge >= 0.3 is 0 Å². The zero-order valence-corrected chi connectivity index (χ0v) is 17.3. The number of piperazine rings is 1. The number of hydrogen-bond donors (Lipinski definition) is 1. The number of nitrogens with zero attached hydrogens (tertiary/aromatic N) is 4. The van der Waals surface area contributed by atoms with Crippen molar-refractivity contribution in [1.29, 1.82) is 0 Å². The van der Waals surface area contributed by atoms with E-state index in [1.54, 1.807) is 22.8 Å². The first-order valence-corrected chi connectivity index (χ1v) is 10.1. The fourth-order valence-electron chi connectivity index (χ4n) is 3.12. The molecular formula is C20H21ClFN5OS. The van der Waals surface area contributed by atoms with E-state index < -0.39 is 0 Å². The van der Waals surface area contributed by atoms with Gasteiger partial charge in [0.05, 0.1) is 11.3 Å². The molecule has 9 heteroatoms. The largest absolute Gasteiger partial charge is 0.339 e. The standard InChI is InChI=1S/C20H20FN5OS.ClH/c21-17-9-5-4-8-16(17)19-23-24-20(26(19)15-6-2-1-3-7-15)28-14-18(27)25-12-10-22-11-13-25;/h1-9,22H,10-14H2;1H. The summed E-state index contributed by atoms with van der Waals surface area (Å²) in [5, 5.41) is 12.3. The topological polar surface area (TPSA) is 63.1 Å². The number of benzene rings is 2. The van der Waals surface area contributed by atoms with Crippen molar-refractivity contribution >= 4 is 30.1 Å². The molecule has 152 valence electrons. The van der Waals surface area contributed by atoms with Gasteiger partial charge in [-0.3, -0.25) is 9.36 Å². The molecule has 0 bridgehead atoms. The van der Waals surface area contributed by atoms with Crippen LogP contribution in [0.1, 0.15) is 0 Å². The molecule has 2 aromatic carbocycles. The number of thioether (sulfide) groups is 1. The molecule has 1 aliphatic rings.